The van der Waals surface area contributed by atoms with Crippen LogP contribution in [-0.4, -0.2) is 232 Å². The van der Waals surface area contributed by atoms with E-state index in [0.29, 0.717) is 104 Å². The van der Waals surface area contributed by atoms with Crippen LogP contribution in [0, 0.1) is 13.8 Å². The van der Waals surface area contributed by atoms with E-state index in [1.54, 1.807) is 19.6 Å². The molecule has 1 N–H and O–H groups in total. The predicted octanol–water partition coefficient (Wildman–Crippen LogP) is 4.28. The largest absolute Gasteiger partial charge is 1.00 e. The number of aryl methyl sites for hydroxylation is 2. The Bertz CT molecular complexity index is 4160. The molecule has 5 fully saturated rings. The van der Waals surface area contributed by atoms with Crippen LogP contribution in [0.25, 0.3) is 21.5 Å². The minimum atomic E-state index is -1.42. The zero-order valence-electron chi connectivity index (χ0n) is 63.6. The van der Waals surface area contributed by atoms with Crippen molar-refractivity contribution in [3.05, 3.63) is 184 Å². The van der Waals surface area contributed by atoms with E-state index in [1.165, 1.54) is 44.0 Å². The number of nitrogens with zero attached hydrogens (tertiary/aromatic N) is 12. The Morgan fingerprint density at radius 1 is 0.550 bits per heavy atom. The number of likely N-dealkylation sites (tertiary alicyclic amines) is 2. The Morgan fingerprint density at radius 3 is 1.38 bits per heavy atom. The molecule has 5 saturated heterocycles. The summed E-state index contributed by atoms with van der Waals surface area (Å²) >= 11 is 6.44. The number of rotatable bonds is 17. The first-order valence-electron chi connectivity index (χ1n) is 36.6. The smallest absolute Gasteiger partial charge is 1.00 e. The molecule has 4 atom stereocenters. The summed E-state index contributed by atoms with van der Waals surface area (Å²) in [6.07, 6.45) is -3.27. The quantitative estimate of drug-likeness (QED) is 0.0335. The van der Waals surface area contributed by atoms with Gasteiger partial charge in [0.15, 0.2) is 0 Å². The van der Waals surface area contributed by atoms with E-state index in [4.69, 9.17) is 60.4 Å². The maximum Gasteiger partial charge on any atom is 1.00 e. The second kappa shape index (κ2) is 45.1. The monoisotopic (exact) mass is 1760 g/mol. The Hall–Kier alpha value is -5.12. The molecule has 0 unspecified atom stereocenters. The summed E-state index contributed by atoms with van der Waals surface area (Å²) in [5.41, 5.74) is 11.0. The number of fused-ring (bicyclic) bond motifs is 4. The van der Waals surface area contributed by atoms with E-state index in [9.17, 15) is 27.2 Å². The van der Waals surface area contributed by atoms with Crippen molar-refractivity contribution in [1.29, 1.82) is 0 Å². The number of carbonyl (C=O) groups is 3. The molecule has 0 saturated carbocycles. The SMILES string of the molecule is C1COCCO1.Cc1cc(N2CCc3c(nc(Cl)nc3N3CCN(C(=O)OCc4ccccc4)CC3)C2)c2ccccc2c1.Cc1cc(N2CCc3c(nc(OCCCN4C[C@@H](F)[C@@H](F)C4)nc3N3CCN(C(=O)OCc4ccccc4)CC3)C2)c2ccccc2c1.O=CO[O-].OCCCN1C[C@@H](F)[C@@H](F)C1.[Cs+].[Cs+].[H-]. The van der Waals surface area contributed by atoms with Gasteiger partial charge in [-0.2, -0.15) is 9.97 Å². The number of hydrogen-bond acceptors (Lipinski definition) is 21. The van der Waals surface area contributed by atoms with Gasteiger partial charge in [0.1, 0.15) is 49.5 Å². The summed E-state index contributed by atoms with van der Waals surface area (Å²) in [5.74, 6) is 1.74. The molecule has 0 aliphatic carbocycles. The Kier molecular flexibility index (Phi) is 36.3. The average Bonchev–Trinajstić information content (AvgIpc) is 0.859. The minimum Gasteiger partial charge on any atom is -1.00 e. The van der Waals surface area contributed by atoms with E-state index in [-0.39, 0.29) is 209 Å². The van der Waals surface area contributed by atoms with Gasteiger partial charge in [0, 0.05) is 145 Å². The molecule has 0 bridgehead atoms. The fourth-order valence-electron chi connectivity index (χ4n) is 14.1. The van der Waals surface area contributed by atoms with E-state index < -0.39 is 24.7 Å². The van der Waals surface area contributed by atoms with Crippen molar-refractivity contribution in [3.8, 4) is 6.01 Å². The van der Waals surface area contributed by atoms with Crippen molar-refractivity contribution in [2.45, 2.75) is 90.5 Å². The van der Waals surface area contributed by atoms with E-state index >= 15 is 0 Å². The summed E-state index contributed by atoms with van der Waals surface area (Å²) < 4.78 is 79.5. The van der Waals surface area contributed by atoms with Crippen molar-refractivity contribution in [2.24, 2.45) is 0 Å². The number of aliphatic hydroxyl groups is 1. The Labute approximate surface area is 758 Å². The maximum atomic E-state index is 13.7. The molecule has 0 spiro atoms. The van der Waals surface area contributed by atoms with Crippen LogP contribution in [0.4, 0.5) is 50.2 Å². The molecule has 574 valence electrons. The van der Waals surface area contributed by atoms with Crippen molar-refractivity contribution in [3.63, 3.8) is 0 Å². The molecular formula is C79H95ClCs2F4N12O11. The number of ether oxygens (including phenoxy) is 5. The van der Waals surface area contributed by atoms with Crippen LogP contribution in [0.1, 0.15) is 59.0 Å². The summed E-state index contributed by atoms with van der Waals surface area (Å²) in [4.78, 5) is 72.1. The van der Waals surface area contributed by atoms with Crippen molar-refractivity contribution >= 4 is 74.8 Å². The van der Waals surface area contributed by atoms with Gasteiger partial charge in [0.25, 0.3) is 6.47 Å². The Morgan fingerprint density at radius 2 is 0.954 bits per heavy atom. The maximum absolute atomic E-state index is 13.7. The summed E-state index contributed by atoms with van der Waals surface area (Å²) in [7, 11) is 0. The number of hydrogen-bond donors (Lipinski definition) is 1. The zero-order valence-corrected chi connectivity index (χ0v) is 75.9. The van der Waals surface area contributed by atoms with Gasteiger partial charge in [0.05, 0.1) is 57.5 Å². The second-order valence-electron chi connectivity index (χ2n) is 27.2. The molecule has 2 amide bonds. The van der Waals surface area contributed by atoms with E-state index in [1.807, 2.05) is 60.7 Å². The fraction of sp³-hybridized carbons (Fsp3) is 0.456. The third-order valence-corrected chi connectivity index (χ3v) is 19.7. The van der Waals surface area contributed by atoms with E-state index in [2.05, 4.69) is 121 Å². The standard InChI is InChI=1S/C37H42F2N6O3.C30H30ClN5O2.C7H13F2NO.C4H8O2.CH2O3.2Cs.H/c1-26-20-28-10-5-6-11-29(28)34(21-26)45-14-12-30-33(24-45)40-36(47-19-7-13-42-22-31(38)32(39)23-42)41-35(30)43-15-17-44(18-16-43)37(46)48-25-27-8-3-2-4-9-27;1-21-17-23-9-5-6-10-24(23)27(18-21)36-12-11-25-26(19-36)32-29(31)33-28(25)34-13-15-35(16-14-34)30(37)38-20-22-7-3-2-4-8-22;8-6-4-10(2-1-3-11)5-7(6)9;1-2-6-4-3-5-1;2-1-4-3;;;/h2-6,8-11,20-21,31-32H,7,12-19,22-25H2,1H3;2-10,17-18H,11-16,19-20H2,1H3;6-7,11H,1-5H2;1-4H2;1,3H;;;/q;;;;;2*+1;-1/p-1/t31-,32+;;6-,7+;;;;;. The van der Waals surface area contributed by atoms with Crippen LogP contribution >= 0.6 is 11.6 Å². The van der Waals surface area contributed by atoms with Gasteiger partial charge in [-0.05, 0) is 96.3 Å². The van der Waals surface area contributed by atoms with E-state index in [0.717, 1.165) is 97.6 Å². The van der Waals surface area contributed by atoms with Gasteiger partial charge in [-0.1, -0.05) is 121 Å². The molecule has 6 aromatic carbocycles. The number of amides is 2. The van der Waals surface area contributed by atoms with Crippen molar-refractivity contribution in [2.75, 3.05) is 164 Å². The Balaban J connectivity index is 0.000000216. The van der Waals surface area contributed by atoms with Crippen LogP contribution in [0.2, 0.25) is 5.28 Å². The van der Waals surface area contributed by atoms with Gasteiger partial charge < -0.3 is 69.8 Å². The molecule has 7 aliphatic rings. The third kappa shape index (κ3) is 25.4. The number of piperazine rings is 2. The van der Waals surface area contributed by atoms with Gasteiger partial charge in [-0.25, -0.2) is 37.1 Å². The molecule has 30 heteroatoms. The molecule has 9 heterocycles. The molecule has 7 aliphatic heterocycles. The molecule has 8 aromatic rings. The van der Waals surface area contributed by atoms with Crippen LogP contribution in [0.15, 0.2) is 133 Å². The molecule has 2 aromatic heterocycles. The van der Waals surface area contributed by atoms with Crippen LogP contribution in [0.5, 0.6) is 6.01 Å². The normalized spacial score (nSPS) is 19.0. The first-order valence-corrected chi connectivity index (χ1v) is 37.0. The number of carbonyl (C=O) groups excluding carboxylic acids is 3. The molecular weight excluding hydrogens is 1670 g/mol. The van der Waals surface area contributed by atoms with Crippen LogP contribution < -0.4 is 167 Å². The van der Waals surface area contributed by atoms with Gasteiger partial charge in [-0.3, -0.25) is 14.6 Å². The molecule has 15 rings (SSSR count). The van der Waals surface area contributed by atoms with Crippen LogP contribution in [-0.2, 0) is 67.8 Å². The predicted molar refractivity (Wildman–Crippen MR) is 401 cm³/mol. The fourth-order valence-corrected chi connectivity index (χ4v) is 14.3. The van der Waals surface area contributed by atoms with Gasteiger partial charge >= 0.3 is 156 Å². The first-order chi connectivity index (χ1) is 52.1. The van der Waals surface area contributed by atoms with Crippen LogP contribution in [0.3, 0.4) is 0 Å². The molecule has 0 radical (unpaired) electrons. The first kappa shape index (κ1) is 87.8. The second-order valence-corrected chi connectivity index (χ2v) is 27.5. The minimum absolute atomic E-state index is 0. The number of anilines is 4. The third-order valence-electron chi connectivity index (χ3n) is 19.6. The zero-order chi connectivity index (χ0) is 75.0. The number of halogens is 5. The summed E-state index contributed by atoms with van der Waals surface area (Å²) in [6, 6.07) is 45.6. The summed E-state index contributed by atoms with van der Waals surface area (Å²) in [5, 5.41) is 22.0. The van der Waals surface area contributed by atoms with Crippen molar-refractivity contribution in [1.82, 2.24) is 39.5 Å². The molecule has 109 heavy (non-hydrogen) atoms. The number of aliphatic hydroxyl groups excluding tert-OH is 1. The van der Waals surface area contributed by atoms with Gasteiger partial charge in [-0.15, -0.1) is 0 Å². The molecule has 23 nitrogen and oxygen atoms in total. The number of alkyl halides is 4. The average molecular weight is 1770 g/mol. The number of aromatic nitrogens is 4. The number of benzene rings is 6. The van der Waals surface area contributed by atoms with Crippen molar-refractivity contribution < 1.29 is 210 Å². The summed E-state index contributed by atoms with van der Waals surface area (Å²) in [6.45, 7) is 17.7. The van der Waals surface area contributed by atoms with Gasteiger partial charge in [0.2, 0.25) is 5.28 Å². The topological polar surface area (TPSA) is 227 Å².